The van der Waals surface area contributed by atoms with Crippen LogP contribution in [0.5, 0.6) is 0 Å². The van der Waals surface area contributed by atoms with E-state index >= 15 is 0 Å². The lowest BCUT2D eigenvalue weighted by Crippen LogP contribution is -2.46. The van der Waals surface area contributed by atoms with E-state index in [-0.39, 0.29) is 30.5 Å². The number of aromatic nitrogens is 2. The molecule has 1 aromatic carbocycles. The van der Waals surface area contributed by atoms with Crippen LogP contribution in [0.25, 0.3) is 16.3 Å². The topological polar surface area (TPSA) is 71.4 Å². The summed E-state index contributed by atoms with van der Waals surface area (Å²) in [5.74, 6) is 5.83. The van der Waals surface area contributed by atoms with Crippen molar-refractivity contribution in [3.63, 3.8) is 0 Å². The van der Waals surface area contributed by atoms with Crippen molar-refractivity contribution in [3.8, 4) is 28.1 Å². The van der Waals surface area contributed by atoms with Gasteiger partial charge >= 0.3 is 6.18 Å². The first-order valence-electron chi connectivity index (χ1n) is 14.7. The number of halogens is 5. The quantitative estimate of drug-likeness (QED) is 0.262. The Bertz CT molecular complexity index is 1710. The summed E-state index contributed by atoms with van der Waals surface area (Å²) in [4.78, 5) is 15.3. The number of nitrogens with zero attached hydrogens (tertiary/aromatic N) is 3. The summed E-state index contributed by atoms with van der Waals surface area (Å²) in [5.41, 5.74) is 5.35. The monoisotopic (exact) mass is 675 g/mol. The van der Waals surface area contributed by atoms with E-state index in [0.717, 1.165) is 48.2 Å². The van der Waals surface area contributed by atoms with Gasteiger partial charge in [0.1, 0.15) is 0 Å². The van der Waals surface area contributed by atoms with Gasteiger partial charge in [0.05, 0.1) is 45.4 Å². The minimum Gasteiger partial charge on any atom is -0.378 e. The molecule has 2 N–H and O–H groups in total. The molecule has 0 radical (unpaired) electrons. The minimum absolute atomic E-state index is 0.0919. The van der Waals surface area contributed by atoms with Crippen LogP contribution in [0.4, 0.5) is 13.2 Å². The number of alkyl halides is 3. The molecule has 3 aliphatic rings. The number of carbonyl (C=O) groups excluding carboxylic acids is 1. The number of benzene rings is 1. The molecule has 2 fully saturated rings. The predicted octanol–water partition coefficient (Wildman–Crippen LogP) is 7.09. The molecular formula is C32H30Cl2F3N5O2S. The van der Waals surface area contributed by atoms with Crippen LogP contribution in [-0.2, 0) is 11.3 Å². The molecule has 0 atom stereocenters. The van der Waals surface area contributed by atoms with Gasteiger partial charge in [-0.15, -0.1) is 11.3 Å². The first kappa shape index (κ1) is 31.9. The van der Waals surface area contributed by atoms with Crippen LogP contribution in [0.1, 0.15) is 53.0 Å². The van der Waals surface area contributed by atoms with Gasteiger partial charge in [-0.3, -0.25) is 10.2 Å². The van der Waals surface area contributed by atoms with Crippen molar-refractivity contribution in [1.29, 1.82) is 0 Å². The van der Waals surface area contributed by atoms with E-state index < -0.39 is 11.7 Å². The lowest BCUT2D eigenvalue weighted by molar-refractivity contribution is -0.0940. The number of ether oxygens (including phenoxy) is 1. The van der Waals surface area contributed by atoms with Crippen LogP contribution < -0.4 is 10.7 Å². The Balaban J connectivity index is 1.39. The zero-order valence-corrected chi connectivity index (χ0v) is 26.5. The van der Waals surface area contributed by atoms with Crippen LogP contribution in [0.3, 0.4) is 0 Å². The second-order valence-corrected chi connectivity index (χ2v) is 13.0. The fraction of sp³-hybridized carbons (Fsp3) is 0.375. The SMILES string of the molecule is O=C(NN1CCCCC1)c1nn(-c2ccc(Cl)cc2Cl)c(-c2ccc(C#CC3=CC=C(C(F)(F)F)CC3)s2)c1CNC1COC1. The third kappa shape index (κ3) is 7.49. The van der Waals surface area contributed by atoms with Crippen molar-refractivity contribution in [3.05, 3.63) is 79.8 Å². The van der Waals surface area contributed by atoms with Gasteiger partial charge in [-0.05, 0) is 56.0 Å². The Hall–Kier alpha value is -3.11. The molecule has 1 amide bonds. The largest absolute Gasteiger partial charge is 0.412 e. The van der Waals surface area contributed by atoms with Crippen LogP contribution >= 0.6 is 34.5 Å². The average molecular weight is 677 g/mol. The molecule has 0 saturated carbocycles. The average Bonchev–Trinajstić information content (AvgIpc) is 3.60. The van der Waals surface area contributed by atoms with E-state index in [4.69, 9.17) is 33.0 Å². The van der Waals surface area contributed by atoms with Gasteiger partial charge < -0.3 is 10.1 Å². The molecule has 4 heterocycles. The molecule has 236 valence electrons. The van der Waals surface area contributed by atoms with E-state index in [2.05, 4.69) is 22.6 Å². The zero-order chi connectivity index (χ0) is 31.6. The third-order valence-electron chi connectivity index (χ3n) is 7.86. The van der Waals surface area contributed by atoms with Crippen LogP contribution in [-0.4, -0.2) is 59.2 Å². The second kappa shape index (κ2) is 13.7. The third-order valence-corrected chi connectivity index (χ3v) is 9.40. The van der Waals surface area contributed by atoms with Crippen molar-refractivity contribution < 1.29 is 22.7 Å². The van der Waals surface area contributed by atoms with Gasteiger partial charge in [0.25, 0.3) is 5.91 Å². The van der Waals surface area contributed by atoms with E-state index in [0.29, 0.717) is 52.3 Å². The molecule has 13 heteroatoms. The highest BCUT2D eigenvalue weighted by molar-refractivity contribution is 7.16. The number of amides is 1. The van der Waals surface area contributed by atoms with Crippen LogP contribution in [0.15, 0.2) is 53.6 Å². The van der Waals surface area contributed by atoms with Gasteiger partial charge in [-0.2, -0.15) is 18.3 Å². The van der Waals surface area contributed by atoms with Crippen LogP contribution in [0, 0.1) is 11.8 Å². The number of nitrogens with one attached hydrogen (secondary N) is 2. The summed E-state index contributed by atoms with van der Waals surface area (Å²) < 4.78 is 46.1. The fourth-order valence-corrected chi connectivity index (χ4v) is 6.74. The number of thiophene rings is 1. The second-order valence-electron chi connectivity index (χ2n) is 11.1. The van der Waals surface area contributed by atoms with Gasteiger partial charge in [-0.1, -0.05) is 53.6 Å². The van der Waals surface area contributed by atoms with E-state index in [1.807, 2.05) is 17.1 Å². The molecule has 0 bridgehead atoms. The summed E-state index contributed by atoms with van der Waals surface area (Å²) in [7, 11) is 0. The summed E-state index contributed by atoms with van der Waals surface area (Å²) in [6.45, 7) is 3.06. The van der Waals surface area contributed by atoms with E-state index in [1.54, 1.807) is 22.9 Å². The molecule has 0 spiro atoms. The molecular weight excluding hydrogens is 646 g/mol. The van der Waals surface area contributed by atoms with Crippen molar-refractivity contribution in [1.82, 2.24) is 25.5 Å². The highest BCUT2D eigenvalue weighted by Crippen LogP contribution is 2.37. The highest BCUT2D eigenvalue weighted by atomic mass is 35.5. The fourth-order valence-electron chi connectivity index (χ4n) is 5.33. The number of hydrazine groups is 1. The Morgan fingerprint density at radius 1 is 1.07 bits per heavy atom. The minimum atomic E-state index is -4.32. The number of hydrogen-bond donors (Lipinski definition) is 2. The molecule has 2 saturated heterocycles. The number of allylic oxidation sites excluding steroid dienone is 4. The Morgan fingerprint density at radius 3 is 2.53 bits per heavy atom. The predicted molar refractivity (Wildman–Crippen MR) is 170 cm³/mol. The summed E-state index contributed by atoms with van der Waals surface area (Å²) in [5, 5.41) is 11.1. The normalized spacial score (nSPS) is 17.6. The van der Waals surface area contributed by atoms with Crippen molar-refractivity contribution in [2.24, 2.45) is 0 Å². The molecule has 7 nitrogen and oxygen atoms in total. The van der Waals surface area contributed by atoms with Gasteiger partial charge in [0.15, 0.2) is 5.69 Å². The summed E-state index contributed by atoms with van der Waals surface area (Å²) in [6.07, 6.45) is 1.50. The maximum Gasteiger partial charge on any atom is 0.412 e. The summed E-state index contributed by atoms with van der Waals surface area (Å²) in [6, 6.07) is 9.02. The smallest absolute Gasteiger partial charge is 0.378 e. The lowest BCUT2D eigenvalue weighted by atomic mass is 9.98. The molecule has 1 aliphatic carbocycles. The standard InChI is InChI=1S/C32H30Cl2F3N5O2S/c33-22-9-12-27(26(34)16-22)42-30(28-13-11-24(45-28)10-6-20-4-7-21(8-5-20)32(35,36)37)25(17-38-23-18-44-19-23)29(39-42)31(43)40-41-14-2-1-3-15-41/h4,7,9,11-13,16,23,38H,1-3,5,8,14-15,17-19H2,(H,40,43). The Morgan fingerprint density at radius 2 is 1.87 bits per heavy atom. The molecule has 2 aliphatic heterocycles. The van der Waals surface area contributed by atoms with Crippen molar-refractivity contribution in [2.45, 2.75) is 50.9 Å². The van der Waals surface area contributed by atoms with Crippen molar-refractivity contribution >= 4 is 40.4 Å². The Kier molecular flexibility index (Phi) is 9.71. The van der Waals surface area contributed by atoms with E-state index in [9.17, 15) is 18.0 Å². The number of hydrogen-bond acceptors (Lipinski definition) is 6. The number of carbonyl (C=O) groups is 1. The van der Waals surface area contributed by atoms with Gasteiger partial charge in [0, 0.05) is 41.4 Å². The maximum absolute atomic E-state index is 13.8. The van der Waals surface area contributed by atoms with Gasteiger partial charge in [0.2, 0.25) is 0 Å². The van der Waals surface area contributed by atoms with E-state index in [1.165, 1.54) is 17.4 Å². The van der Waals surface area contributed by atoms with Crippen LogP contribution in [0.2, 0.25) is 10.0 Å². The maximum atomic E-state index is 13.8. The number of rotatable bonds is 7. The van der Waals surface area contributed by atoms with Crippen molar-refractivity contribution in [2.75, 3.05) is 26.3 Å². The molecule has 45 heavy (non-hydrogen) atoms. The zero-order valence-electron chi connectivity index (χ0n) is 24.1. The van der Waals surface area contributed by atoms with Gasteiger partial charge in [-0.25, -0.2) is 9.69 Å². The highest BCUT2D eigenvalue weighted by Gasteiger charge is 2.33. The Labute approximate surface area is 273 Å². The molecule has 6 rings (SSSR count). The lowest BCUT2D eigenvalue weighted by Gasteiger charge is -2.28. The molecule has 0 unspecified atom stereocenters. The number of piperidine rings is 1. The first-order valence-corrected chi connectivity index (χ1v) is 16.3. The summed E-state index contributed by atoms with van der Waals surface area (Å²) >= 11 is 14.3. The molecule has 2 aromatic heterocycles. The first-order chi connectivity index (χ1) is 21.7. The molecule has 3 aromatic rings.